The Labute approximate surface area is 207 Å². The van der Waals surface area contributed by atoms with E-state index in [1.807, 2.05) is 12.1 Å². The molecule has 4 rings (SSSR count). The van der Waals surface area contributed by atoms with Crippen molar-refractivity contribution in [3.63, 3.8) is 0 Å². The molecule has 0 unspecified atom stereocenters. The zero-order valence-electron chi connectivity index (χ0n) is 20.2. The molecule has 2 aromatic carbocycles. The van der Waals surface area contributed by atoms with E-state index in [2.05, 4.69) is 56.7 Å². The highest BCUT2D eigenvalue weighted by atomic mass is 16.2. The smallest absolute Gasteiger partial charge is 0.300 e. The molecule has 0 aliphatic heterocycles. The molecular formula is C29H34N4O2. The summed E-state index contributed by atoms with van der Waals surface area (Å²) in [5.74, 6) is 6.42. The zero-order chi connectivity index (χ0) is 24.3. The predicted molar refractivity (Wildman–Crippen MR) is 142 cm³/mol. The van der Waals surface area contributed by atoms with Gasteiger partial charge in [-0.05, 0) is 60.6 Å². The Morgan fingerprint density at radius 3 is 2.49 bits per heavy atom. The van der Waals surface area contributed by atoms with Gasteiger partial charge in [-0.15, -0.1) is 0 Å². The van der Waals surface area contributed by atoms with Crippen LogP contribution in [0.5, 0.6) is 0 Å². The number of aliphatic hydroxyl groups excluding tert-OH is 1. The number of amides is 1. The normalized spacial score (nSPS) is 14.4. The van der Waals surface area contributed by atoms with E-state index >= 15 is 0 Å². The molecule has 1 aliphatic carbocycles. The summed E-state index contributed by atoms with van der Waals surface area (Å²) in [4.78, 5) is 20.9. The Morgan fingerprint density at radius 1 is 0.971 bits per heavy atom. The number of carbonyl (C=O) groups excluding carboxylic acids is 1. The first-order valence-electron chi connectivity index (χ1n) is 12.7. The van der Waals surface area contributed by atoms with Crippen molar-refractivity contribution in [3.05, 3.63) is 54.4 Å². The maximum atomic E-state index is 12.1. The van der Waals surface area contributed by atoms with Crippen molar-refractivity contribution in [2.24, 2.45) is 5.92 Å². The SMILES string of the molecule is O=C(C#CCCCO)Nc1ccc2ncnc(Nc3ccc(CC4CCCCCCC4)cc3)c2c1. The summed E-state index contributed by atoms with van der Waals surface area (Å²) in [5, 5.41) is 15.8. The molecule has 0 radical (unpaired) electrons. The second-order valence-electron chi connectivity index (χ2n) is 9.27. The molecule has 1 fully saturated rings. The number of hydrogen-bond donors (Lipinski definition) is 3. The van der Waals surface area contributed by atoms with Crippen LogP contribution in [0.25, 0.3) is 10.9 Å². The van der Waals surface area contributed by atoms with Gasteiger partial charge in [-0.2, -0.15) is 0 Å². The summed E-state index contributed by atoms with van der Waals surface area (Å²) >= 11 is 0. The van der Waals surface area contributed by atoms with Crippen molar-refractivity contribution in [2.45, 2.75) is 64.2 Å². The van der Waals surface area contributed by atoms with E-state index in [-0.39, 0.29) is 12.5 Å². The molecule has 1 amide bonds. The maximum absolute atomic E-state index is 12.1. The summed E-state index contributed by atoms with van der Waals surface area (Å²) < 4.78 is 0. The third-order valence-corrected chi connectivity index (χ3v) is 6.52. The lowest BCUT2D eigenvalue weighted by Gasteiger charge is -2.19. The molecule has 1 aliphatic rings. The van der Waals surface area contributed by atoms with Crippen LogP contribution in [0.1, 0.15) is 63.4 Å². The molecule has 0 atom stereocenters. The van der Waals surface area contributed by atoms with Crippen molar-refractivity contribution in [1.29, 1.82) is 0 Å². The number of aliphatic hydroxyl groups is 1. The van der Waals surface area contributed by atoms with E-state index in [0.717, 1.165) is 28.9 Å². The van der Waals surface area contributed by atoms with Crippen LogP contribution in [-0.4, -0.2) is 27.6 Å². The van der Waals surface area contributed by atoms with Crippen molar-refractivity contribution in [3.8, 4) is 11.8 Å². The van der Waals surface area contributed by atoms with Gasteiger partial charge in [0, 0.05) is 29.8 Å². The topological polar surface area (TPSA) is 87.1 Å². The minimum Gasteiger partial charge on any atom is -0.396 e. The quantitative estimate of drug-likeness (QED) is 0.292. The second kappa shape index (κ2) is 12.9. The molecule has 0 saturated heterocycles. The summed E-state index contributed by atoms with van der Waals surface area (Å²) in [6, 6.07) is 14.2. The van der Waals surface area contributed by atoms with Crippen LogP contribution >= 0.6 is 0 Å². The van der Waals surface area contributed by atoms with Crippen LogP contribution in [0.3, 0.4) is 0 Å². The number of aromatic nitrogens is 2. The van der Waals surface area contributed by atoms with Crippen LogP contribution in [0.15, 0.2) is 48.8 Å². The molecule has 3 N–H and O–H groups in total. The van der Waals surface area contributed by atoms with Crippen LogP contribution < -0.4 is 10.6 Å². The molecule has 6 heteroatoms. The lowest BCUT2D eigenvalue weighted by Crippen LogP contribution is -2.08. The maximum Gasteiger partial charge on any atom is 0.300 e. The Bertz CT molecular complexity index is 1170. The third-order valence-electron chi connectivity index (χ3n) is 6.52. The predicted octanol–water partition coefficient (Wildman–Crippen LogP) is 5.99. The molecule has 0 spiro atoms. The molecule has 1 saturated carbocycles. The summed E-state index contributed by atoms with van der Waals surface area (Å²) in [5.41, 5.74) is 3.77. The molecule has 35 heavy (non-hydrogen) atoms. The summed E-state index contributed by atoms with van der Waals surface area (Å²) in [6.07, 6.45) is 13.3. The van der Waals surface area contributed by atoms with Gasteiger partial charge in [-0.3, -0.25) is 4.79 Å². The average molecular weight is 471 g/mol. The van der Waals surface area contributed by atoms with Crippen LogP contribution in [0, 0.1) is 17.8 Å². The minimum atomic E-state index is -0.381. The van der Waals surface area contributed by atoms with Crippen molar-refractivity contribution in [1.82, 2.24) is 9.97 Å². The van der Waals surface area contributed by atoms with Gasteiger partial charge in [-0.1, -0.05) is 63.0 Å². The van der Waals surface area contributed by atoms with Crippen molar-refractivity contribution < 1.29 is 9.90 Å². The van der Waals surface area contributed by atoms with E-state index < -0.39 is 0 Å². The van der Waals surface area contributed by atoms with Gasteiger partial charge in [0.15, 0.2) is 0 Å². The number of benzene rings is 2. The number of rotatable bonds is 7. The fraction of sp³-hybridized carbons (Fsp3) is 0.414. The molecule has 3 aromatic rings. The highest BCUT2D eigenvalue weighted by molar-refractivity contribution is 6.05. The van der Waals surface area contributed by atoms with Gasteiger partial charge in [0.25, 0.3) is 5.91 Å². The highest BCUT2D eigenvalue weighted by Gasteiger charge is 2.12. The van der Waals surface area contributed by atoms with Crippen LogP contribution in [0.4, 0.5) is 17.2 Å². The molecular weight excluding hydrogens is 436 g/mol. The van der Waals surface area contributed by atoms with Crippen LogP contribution in [-0.2, 0) is 11.2 Å². The Kier molecular flexibility index (Phi) is 9.08. The van der Waals surface area contributed by atoms with Gasteiger partial charge >= 0.3 is 0 Å². The standard InChI is InChI=1S/C29H34N4O2/c34-18-8-4-7-11-28(35)32-25-16-17-27-26(20-25)29(31-21-30-27)33-24-14-12-23(13-15-24)19-22-9-5-2-1-3-6-10-22/h12-17,20-22,34H,1-6,8-10,18-19H2,(H,32,35)(H,30,31,33). The van der Waals surface area contributed by atoms with Gasteiger partial charge < -0.3 is 15.7 Å². The lowest BCUT2D eigenvalue weighted by atomic mass is 9.87. The van der Waals surface area contributed by atoms with Crippen LogP contribution in [0.2, 0.25) is 0 Å². The number of fused-ring (bicyclic) bond motifs is 1. The van der Waals surface area contributed by atoms with E-state index in [1.165, 1.54) is 50.5 Å². The summed E-state index contributed by atoms with van der Waals surface area (Å²) in [6.45, 7) is 0.0694. The average Bonchev–Trinajstić information content (AvgIpc) is 2.85. The first-order valence-corrected chi connectivity index (χ1v) is 12.7. The molecule has 6 nitrogen and oxygen atoms in total. The Hall–Kier alpha value is -3.43. The fourth-order valence-corrected chi connectivity index (χ4v) is 4.65. The summed E-state index contributed by atoms with van der Waals surface area (Å²) in [7, 11) is 0. The lowest BCUT2D eigenvalue weighted by molar-refractivity contribution is -0.111. The molecule has 1 heterocycles. The highest BCUT2D eigenvalue weighted by Crippen LogP contribution is 2.28. The van der Waals surface area contributed by atoms with Gasteiger partial charge in [0.05, 0.1) is 5.52 Å². The second-order valence-corrected chi connectivity index (χ2v) is 9.27. The molecule has 1 aromatic heterocycles. The number of anilines is 3. The van der Waals surface area contributed by atoms with Gasteiger partial charge in [0.1, 0.15) is 12.1 Å². The number of nitrogens with zero attached hydrogens (tertiary/aromatic N) is 2. The van der Waals surface area contributed by atoms with Gasteiger partial charge in [-0.25, -0.2) is 9.97 Å². The van der Waals surface area contributed by atoms with E-state index in [1.54, 1.807) is 12.4 Å². The van der Waals surface area contributed by atoms with E-state index in [4.69, 9.17) is 5.11 Å². The molecule has 182 valence electrons. The first kappa shape index (κ1) is 24.7. The number of carbonyl (C=O) groups is 1. The monoisotopic (exact) mass is 470 g/mol. The number of nitrogens with one attached hydrogen (secondary N) is 2. The number of hydrogen-bond acceptors (Lipinski definition) is 5. The molecule has 0 bridgehead atoms. The number of unbranched alkanes of at least 4 members (excludes halogenated alkanes) is 1. The zero-order valence-corrected chi connectivity index (χ0v) is 20.2. The van der Waals surface area contributed by atoms with E-state index in [0.29, 0.717) is 24.3 Å². The van der Waals surface area contributed by atoms with Gasteiger partial charge in [0.2, 0.25) is 0 Å². The van der Waals surface area contributed by atoms with Crippen molar-refractivity contribution >= 4 is 34.0 Å². The Balaban J connectivity index is 1.43. The van der Waals surface area contributed by atoms with Crippen molar-refractivity contribution in [2.75, 3.05) is 17.2 Å². The Morgan fingerprint density at radius 2 is 1.71 bits per heavy atom. The minimum absolute atomic E-state index is 0.0694. The third kappa shape index (κ3) is 7.53. The largest absolute Gasteiger partial charge is 0.396 e. The fourth-order valence-electron chi connectivity index (χ4n) is 4.65. The van der Waals surface area contributed by atoms with E-state index in [9.17, 15) is 4.79 Å². The first-order chi connectivity index (χ1) is 17.2.